The van der Waals surface area contributed by atoms with Crippen LogP contribution in [-0.2, 0) is 14.8 Å². The quantitative estimate of drug-likeness (QED) is 0.815. The van der Waals surface area contributed by atoms with Crippen molar-refractivity contribution in [2.75, 3.05) is 23.8 Å². The lowest BCUT2D eigenvalue weighted by molar-refractivity contribution is -0.116. The Bertz CT molecular complexity index is 927. The molecule has 0 heterocycles. The first-order valence-electron chi connectivity index (χ1n) is 8.00. The van der Waals surface area contributed by atoms with Crippen LogP contribution >= 0.6 is 11.6 Å². The zero-order valence-electron chi connectivity index (χ0n) is 14.4. The minimum Gasteiger partial charge on any atom is -0.495 e. The minimum atomic E-state index is -3.86. The first-order valence-corrected chi connectivity index (χ1v) is 9.82. The van der Waals surface area contributed by atoms with Crippen LogP contribution in [0.4, 0.5) is 11.4 Å². The van der Waals surface area contributed by atoms with Crippen LogP contribution in [0.5, 0.6) is 5.75 Å². The third-order valence-corrected chi connectivity index (χ3v) is 7.31. The highest BCUT2D eigenvalue weighted by Crippen LogP contribution is 2.46. The second kappa shape index (κ2) is 6.81. The molecule has 1 aliphatic carbocycles. The molecular weight excluding hydrogens is 376 g/mol. The SMILES string of the molecule is COc1ccc(NC(=O)C2(S(=O)(=O)N(C)c3ccccc3)CC2)cc1Cl. The lowest BCUT2D eigenvalue weighted by Crippen LogP contribution is -2.45. The number of ether oxygens (including phenoxy) is 1. The van der Waals surface area contributed by atoms with Crippen molar-refractivity contribution in [3.05, 3.63) is 53.6 Å². The molecule has 1 saturated carbocycles. The number of hydrogen-bond donors (Lipinski definition) is 1. The van der Waals surface area contributed by atoms with Gasteiger partial charge in [0.25, 0.3) is 0 Å². The molecule has 3 rings (SSSR count). The van der Waals surface area contributed by atoms with Gasteiger partial charge in [0, 0.05) is 12.7 Å². The number of halogens is 1. The molecule has 0 radical (unpaired) electrons. The molecule has 0 spiro atoms. The highest BCUT2D eigenvalue weighted by atomic mass is 35.5. The van der Waals surface area contributed by atoms with Gasteiger partial charge in [0.15, 0.2) is 4.75 Å². The van der Waals surface area contributed by atoms with Crippen molar-refractivity contribution in [3.63, 3.8) is 0 Å². The van der Waals surface area contributed by atoms with Crippen LogP contribution in [0, 0.1) is 0 Å². The Morgan fingerprint density at radius 3 is 2.38 bits per heavy atom. The Morgan fingerprint density at radius 1 is 1.19 bits per heavy atom. The maximum atomic E-state index is 13.0. The van der Waals surface area contributed by atoms with E-state index >= 15 is 0 Å². The third kappa shape index (κ3) is 3.12. The molecule has 1 aliphatic rings. The molecular formula is C18H19ClN2O4S. The number of anilines is 2. The second-order valence-corrected chi connectivity index (χ2v) is 8.79. The maximum Gasteiger partial charge on any atom is 0.249 e. The van der Waals surface area contributed by atoms with Crippen LogP contribution in [0.1, 0.15) is 12.8 Å². The van der Waals surface area contributed by atoms with Gasteiger partial charge < -0.3 is 10.1 Å². The number of benzene rings is 2. The summed E-state index contributed by atoms with van der Waals surface area (Å²) in [6, 6.07) is 13.4. The molecule has 26 heavy (non-hydrogen) atoms. The number of para-hydroxylation sites is 1. The van der Waals surface area contributed by atoms with Crippen LogP contribution < -0.4 is 14.4 Å². The lowest BCUT2D eigenvalue weighted by Gasteiger charge is -2.25. The summed E-state index contributed by atoms with van der Waals surface area (Å²) in [5.41, 5.74) is 0.934. The molecule has 0 aromatic heterocycles. The minimum absolute atomic E-state index is 0.280. The molecule has 138 valence electrons. The Kier molecular flexibility index (Phi) is 4.86. The van der Waals surface area contributed by atoms with Gasteiger partial charge in [-0.05, 0) is 43.2 Å². The van der Waals surface area contributed by atoms with E-state index in [1.54, 1.807) is 42.5 Å². The predicted molar refractivity (Wildman–Crippen MR) is 102 cm³/mol. The van der Waals surface area contributed by atoms with Crippen molar-refractivity contribution < 1.29 is 17.9 Å². The fourth-order valence-corrected chi connectivity index (χ4v) is 4.83. The van der Waals surface area contributed by atoms with Gasteiger partial charge in [0.1, 0.15) is 5.75 Å². The molecule has 1 fully saturated rings. The van der Waals surface area contributed by atoms with E-state index in [-0.39, 0.29) is 12.8 Å². The van der Waals surface area contributed by atoms with E-state index in [9.17, 15) is 13.2 Å². The van der Waals surface area contributed by atoms with Crippen LogP contribution in [0.2, 0.25) is 5.02 Å². The third-order valence-electron chi connectivity index (χ3n) is 4.50. The van der Waals surface area contributed by atoms with E-state index in [4.69, 9.17) is 16.3 Å². The summed E-state index contributed by atoms with van der Waals surface area (Å²) in [7, 11) is -0.908. The zero-order valence-corrected chi connectivity index (χ0v) is 16.0. The summed E-state index contributed by atoms with van der Waals surface area (Å²) in [5, 5.41) is 3.00. The molecule has 0 unspecified atom stereocenters. The molecule has 6 nitrogen and oxygen atoms in total. The summed E-state index contributed by atoms with van der Waals surface area (Å²) in [5.74, 6) is -0.0799. The van der Waals surface area contributed by atoms with Gasteiger partial charge >= 0.3 is 0 Å². The van der Waals surface area contributed by atoms with Crippen LogP contribution in [0.25, 0.3) is 0 Å². The first-order chi connectivity index (χ1) is 12.3. The van der Waals surface area contributed by atoms with Crippen molar-refractivity contribution >= 4 is 38.9 Å². The number of amides is 1. The first kappa shape index (κ1) is 18.5. The van der Waals surface area contributed by atoms with Crippen molar-refractivity contribution in [3.8, 4) is 5.75 Å². The number of nitrogens with zero attached hydrogens (tertiary/aromatic N) is 1. The summed E-state index contributed by atoms with van der Waals surface area (Å²) in [6.45, 7) is 0. The smallest absolute Gasteiger partial charge is 0.249 e. The Hall–Kier alpha value is -2.25. The highest BCUT2D eigenvalue weighted by Gasteiger charge is 2.62. The summed E-state index contributed by atoms with van der Waals surface area (Å²) in [6.07, 6.45) is 0.560. The molecule has 0 aliphatic heterocycles. The number of sulfonamides is 1. The molecule has 0 saturated heterocycles. The van der Waals surface area contributed by atoms with E-state index < -0.39 is 20.7 Å². The molecule has 8 heteroatoms. The van der Waals surface area contributed by atoms with Crippen LogP contribution in [-0.4, -0.2) is 33.2 Å². The highest BCUT2D eigenvalue weighted by molar-refractivity contribution is 7.95. The van der Waals surface area contributed by atoms with Crippen molar-refractivity contribution in [2.45, 2.75) is 17.6 Å². The number of carbonyl (C=O) groups excluding carboxylic acids is 1. The topological polar surface area (TPSA) is 75.7 Å². The van der Waals surface area contributed by atoms with Crippen LogP contribution in [0.15, 0.2) is 48.5 Å². The Morgan fingerprint density at radius 2 is 1.85 bits per heavy atom. The largest absolute Gasteiger partial charge is 0.495 e. The fourth-order valence-electron chi connectivity index (χ4n) is 2.74. The summed E-state index contributed by atoms with van der Waals surface area (Å²) < 4.78 is 30.9. The number of carbonyl (C=O) groups is 1. The second-order valence-electron chi connectivity index (χ2n) is 6.11. The van der Waals surface area contributed by atoms with Gasteiger partial charge in [-0.15, -0.1) is 0 Å². The Balaban J connectivity index is 1.83. The van der Waals surface area contributed by atoms with Crippen molar-refractivity contribution in [1.82, 2.24) is 0 Å². The van der Waals surface area contributed by atoms with Crippen molar-refractivity contribution in [2.24, 2.45) is 0 Å². The maximum absolute atomic E-state index is 13.0. The lowest BCUT2D eigenvalue weighted by atomic mass is 10.3. The zero-order chi connectivity index (χ0) is 18.9. The average molecular weight is 395 g/mol. The van der Waals surface area contributed by atoms with E-state index in [1.165, 1.54) is 24.5 Å². The fraction of sp³-hybridized carbons (Fsp3) is 0.278. The van der Waals surface area contributed by atoms with Gasteiger partial charge in [-0.1, -0.05) is 29.8 Å². The normalized spacial score (nSPS) is 15.2. The number of nitrogens with one attached hydrogen (secondary N) is 1. The van der Waals surface area contributed by atoms with E-state index in [2.05, 4.69) is 5.32 Å². The Labute approximate surface area is 157 Å². The summed E-state index contributed by atoms with van der Waals surface area (Å²) in [4.78, 5) is 12.8. The molecule has 1 N–H and O–H groups in total. The predicted octanol–water partition coefficient (Wildman–Crippen LogP) is 3.29. The summed E-state index contributed by atoms with van der Waals surface area (Å²) >= 11 is 6.06. The van der Waals surface area contributed by atoms with Crippen LogP contribution in [0.3, 0.4) is 0 Å². The van der Waals surface area contributed by atoms with Gasteiger partial charge in [0.05, 0.1) is 17.8 Å². The van der Waals surface area contributed by atoms with Gasteiger partial charge in [-0.2, -0.15) is 0 Å². The van der Waals surface area contributed by atoms with Gasteiger partial charge in [-0.3, -0.25) is 9.10 Å². The van der Waals surface area contributed by atoms with Crippen molar-refractivity contribution in [1.29, 1.82) is 0 Å². The number of rotatable bonds is 6. The number of hydrogen-bond acceptors (Lipinski definition) is 4. The average Bonchev–Trinajstić information content (AvgIpc) is 3.44. The molecule has 2 aromatic carbocycles. The van der Waals surface area contributed by atoms with E-state index in [1.807, 2.05) is 0 Å². The molecule has 0 bridgehead atoms. The van der Waals surface area contributed by atoms with Gasteiger partial charge in [0.2, 0.25) is 15.9 Å². The molecule has 0 atom stereocenters. The molecule has 1 amide bonds. The van der Waals surface area contributed by atoms with Gasteiger partial charge in [-0.25, -0.2) is 8.42 Å². The standard InChI is InChI=1S/C18H19ClN2O4S/c1-21(14-6-4-3-5-7-14)26(23,24)18(10-11-18)17(22)20-13-8-9-16(25-2)15(19)12-13/h3-9,12H,10-11H2,1-2H3,(H,20,22). The van der Waals surface area contributed by atoms with E-state index in [0.29, 0.717) is 22.1 Å². The molecule has 2 aromatic rings. The monoisotopic (exact) mass is 394 g/mol. The van der Waals surface area contributed by atoms with E-state index in [0.717, 1.165) is 0 Å². The number of methoxy groups -OCH3 is 1.